The molecule has 1 atom stereocenters. The van der Waals surface area contributed by atoms with E-state index in [4.69, 9.17) is 4.74 Å². The predicted molar refractivity (Wildman–Crippen MR) is 64.9 cm³/mol. The van der Waals surface area contributed by atoms with Crippen molar-refractivity contribution in [3.05, 3.63) is 34.9 Å². The fraction of sp³-hybridized carbons (Fsp3) is 0.273. The summed E-state index contributed by atoms with van der Waals surface area (Å²) in [5.41, 5.74) is 0. The second-order valence-corrected chi connectivity index (χ2v) is 4.25. The van der Waals surface area contributed by atoms with E-state index < -0.39 is 0 Å². The molecule has 0 aromatic carbocycles. The minimum absolute atomic E-state index is 0.167. The molecule has 4 nitrogen and oxygen atoms in total. The van der Waals surface area contributed by atoms with Crippen molar-refractivity contribution in [3.8, 4) is 5.75 Å². The lowest BCUT2D eigenvalue weighted by molar-refractivity contribution is 0.413. The monoisotopic (exact) mass is 235 g/mol. The van der Waals surface area contributed by atoms with Crippen LogP contribution < -0.4 is 10.1 Å². The first kappa shape index (κ1) is 10.9. The Hall–Kier alpha value is -1.62. The molecule has 0 aliphatic rings. The molecule has 0 saturated heterocycles. The minimum Gasteiger partial charge on any atom is -0.495 e. The van der Waals surface area contributed by atoms with Crippen molar-refractivity contribution >= 4 is 17.2 Å². The lowest BCUT2D eigenvalue weighted by Crippen LogP contribution is -2.07. The highest BCUT2D eigenvalue weighted by atomic mass is 32.1. The number of nitrogens with one attached hydrogen (secondary N) is 1. The van der Waals surface area contributed by atoms with Crippen LogP contribution in [0.15, 0.2) is 29.9 Å². The van der Waals surface area contributed by atoms with E-state index >= 15 is 0 Å². The zero-order valence-corrected chi connectivity index (χ0v) is 9.99. The Labute approximate surface area is 98.3 Å². The first-order chi connectivity index (χ1) is 7.79. The number of anilines is 1. The number of aromatic nitrogens is 2. The lowest BCUT2D eigenvalue weighted by atomic mass is 10.3. The topological polar surface area (TPSA) is 47.0 Å². The Morgan fingerprint density at radius 2 is 2.25 bits per heavy atom. The quantitative estimate of drug-likeness (QED) is 0.885. The molecule has 16 heavy (non-hydrogen) atoms. The van der Waals surface area contributed by atoms with Gasteiger partial charge in [0.25, 0.3) is 0 Å². The molecule has 1 unspecified atom stereocenters. The molecular weight excluding hydrogens is 222 g/mol. The van der Waals surface area contributed by atoms with Crippen molar-refractivity contribution in [2.45, 2.75) is 13.0 Å². The average Bonchev–Trinajstić information content (AvgIpc) is 2.83. The summed E-state index contributed by atoms with van der Waals surface area (Å²) in [5.74, 6) is 1.58. The van der Waals surface area contributed by atoms with Crippen molar-refractivity contribution in [2.75, 3.05) is 12.4 Å². The number of thiazole rings is 1. The molecule has 1 N–H and O–H groups in total. The fourth-order valence-electron chi connectivity index (χ4n) is 1.32. The van der Waals surface area contributed by atoms with Crippen molar-refractivity contribution in [1.29, 1.82) is 0 Å². The Bertz CT molecular complexity index is 427. The van der Waals surface area contributed by atoms with E-state index in [1.165, 1.54) is 0 Å². The number of hydrogen-bond donors (Lipinski definition) is 1. The van der Waals surface area contributed by atoms with Crippen LogP contribution in [0.25, 0.3) is 0 Å². The molecule has 0 aliphatic carbocycles. The smallest absolute Gasteiger partial charge is 0.137 e. The molecule has 2 aromatic heterocycles. The van der Waals surface area contributed by atoms with Gasteiger partial charge in [0.15, 0.2) is 0 Å². The number of hydrogen-bond acceptors (Lipinski definition) is 5. The third-order valence-electron chi connectivity index (χ3n) is 2.16. The van der Waals surface area contributed by atoms with Crippen LogP contribution in [-0.4, -0.2) is 17.1 Å². The van der Waals surface area contributed by atoms with Crippen LogP contribution in [-0.2, 0) is 0 Å². The minimum atomic E-state index is 0.167. The van der Waals surface area contributed by atoms with Gasteiger partial charge in [-0.15, -0.1) is 11.3 Å². The second-order valence-electron chi connectivity index (χ2n) is 3.32. The van der Waals surface area contributed by atoms with E-state index in [-0.39, 0.29) is 6.04 Å². The summed E-state index contributed by atoms with van der Waals surface area (Å²) in [6, 6.07) is 3.94. The molecule has 0 amide bonds. The zero-order valence-electron chi connectivity index (χ0n) is 9.18. The lowest BCUT2D eigenvalue weighted by Gasteiger charge is -2.11. The summed E-state index contributed by atoms with van der Waals surface area (Å²) in [6.07, 6.45) is 3.50. The van der Waals surface area contributed by atoms with E-state index in [0.29, 0.717) is 0 Å². The first-order valence-corrected chi connectivity index (χ1v) is 5.83. The van der Waals surface area contributed by atoms with Crippen molar-refractivity contribution in [3.63, 3.8) is 0 Å². The first-order valence-electron chi connectivity index (χ1n) is 4.95. The van der Waals surface area contributed by atoms with Crippen LogP contribution in [0.1, 0.15) is 18.0 Å². The molecule has 2 aromatic rings. The maximum atomic E-state index is 5.05. The molecule has 84 valence electrons. The van der Waals surface area contributed by atoms with Crippen LogP contribution in [0.5, 0.6) is 5.75 Å². The van der Waals surface area contributed by atoms with Gasteiger partial charge in [0, 0.05) is 11.6 Å². The molecule has 0 bridgehead atoms. The molecule has 0 saturated carbocycles. The summed E-state index contributed by atoms with van der Waals surface area (Å²) in [4.78, 5) is 8.49. The third-order valence-corrected chi connectivity index (χ3v) is 3.12. The standard InChI is InChI=1S/C11H13N3OS/c1-8(11-12-5-6-16-11)14-10-4-3-9(15-2)7-13-10/h3-8H,1-2H3,(H,13,14). The highest BCUT2D eigenvalue weighted by Crippen LogP contribution is 2.20. The Balaban J connectivity index is 2.03. The van der Waals surface area contributed by atoms with Gasteiger partial charge in [-0.2, -0.15) is 0 Å². The summed E-state index contributed by atoms with van der Waals surface area (Å²) >= 11 is 1.63. The molecule has 0 spiro atoms. The Morgan fingerprint density at radius 1 is 1.38 bits per heavy atom. The van der Waals surface area contributed by atoms with E-state index in [2.05, 4.69) is 22.2 Å². The van der Waals surface area contributed by atoms with Gasteiger partial charge < -0.3 is 10.1 Å². The van der Waals surface area contributed by atoms with Gasteiger partial charge in [-0.25, -0.2) is 9.97 Å². The number of pyridine rings is 1. The van der Waals surface area contributed by atoms with Crippen LogP contribution in [0.4, 0.5) is 5.82 Å². The summed E-state index contributed by atoms with van der Waals surface area (Å²) in [7, 11) is 1.63. The van der Waals surface area contributed by atoms with Gasteiger partial charge in [0.1, 0.15) is 16.6 Å². The van der Waals surface area contributed by atoms with Gasteiger partial charge >= 0.3 is 0 Å². The van der Waals surface area contributed by atoms with Crippen LogP contribution >= 0.6 is 11.3 Å². The average molecular weight is 235 g/mol. The SMILES string of the molecule is COc1ccc(NC(C)c2nccs2)nc1. The Kier molecular flexibility index (Phi) is 3.36. The highest BCUT2D eigenvalue weighted by Gasteiger charge is 2.07. The van der Waals surface area contributed by atoms with Gasteiger partial charge in [-0.05, 0) is 19.1 Å². The van der Waals surface area contributed by atoms with Crippen LogP contribution in [0.2, 0.25) is 0 Å². The largest absolute Gasteiger partial charge is 0.495 e. The van der Waals surface area contributed by atoms with Gasteiger partial charge in [-0.3, -0.25) is 0 Å². The number of methoxy groups -OCH3 is 1. The number of nitrogens with zero attached hydrogens (tertiary/aromatic N) is 2. The molecular formula is C11H13N3OS. The molecule has 0 radical (unpaired) electrons. The van der Waals surface area contributed by atoms with Gasteiger partial charge in [0.05, 0.1) is 19.3 Å². The summed E-state index contributed by atoms with van der Waals surface area (Å²) in [5, 5.41) is 6.30. The summed E-state index contributed by atoms with van der Waals surface area (Å²) < 4.78 is 5.05. The highest BCUT2D eigenvalue weighted by molar-refractivity contribution is 7.09. The maximum Gasteiger partial charge on any atom is 0.137 e. The molecule has 2 rings (SSSR count). The molecule has 0 aliphatic heterocycles. The Morgan fingerprint density at radius 3 is 2.81 bits per heavy atom. The molecule has 2 heterocycles. The van der Waals surface area contributed by atoms with E-state index in [0.717, 1.165) is 16.6 Å². The zero-order chi connectivity index (χ0) is 11.4. The van der Waals surface area contributed by atoms with E-state index in [1.54, 1.807) is 30.8 Å². The predicted octanol–water partition coefficient (Wildman–Crippen LogP) is 2.72. The fourth-order valence-corrected chi connectivity index (χ4v) is 1.96. The number of ether oxygens (including phenoxy) is 1. The summed E-state index contributed by atoms with van der Waals surface area (Å²) in [6.45, 7) is 2.06. The molecule has 0 fully saturated rings. The van der Waals surface area contributed by atoms with Gasteiger partial charge in [-0.1, -0.05) is 0 Å². The third kappa shape index (κ3) is 2.49. The molecule has 5 heteroatoms. The van der Waals surface area contributed by atoms with E-state index in [9.17, 15) is 0 Å². The second kappa shape index (κ2) is 4.94. The van der Waals surface area contributed by atoms with Crippen LogP contribution in [0, 0.1) is 0 Å². The van der Waals surface area contributed by atoms with Crippen molar-refractivity contribution in [2.24, 2.45) is 0 Å². The van der Waals surface area contributed by atoms with E-state index in [1.807, 2.05) is 17.5 Å². The van der Waals surface area contributed by atoms with Crippen molar-refractivity contribution < 1.29 is 4.74 Å². The number of rotatable bonds is 4. The van der Waals surface area contributed by atoms with Crippen molar-refractivity contribution in [1.82, 2.24) is 9.97 Å². The maximum absolute atomic E-state index is 5.05. The van der Waals surface area contributed by atoms with Crippen LogP contribution in [0.3, 0.4) is 0 Å². The normalized spacial score (nSPS) is 12.1. The van der Waals surface area contributed by atoms with Gasteiger partial charge in [0.2, 0.25) is 0 Å².